The second-order valence-electron chi connectivity index (χ2n) is 5.99. The zero-order chi connectivity index (χ0) is 16.5. The van der Waals surface area contributed by atoms with E-state index < -0.39 is 23.3 Å². The van der Waals surface area contributed by atoms with Crippen molar-refractivity contribution in [2.45, 2.75) is 26.8 Å². The summed E-state index contributed by atoms with van der Waals surface area (Å²) in [6.07, 6.45) is 6.56. The Morgan fingerprint density at radius 3 is 2.64 bits per heavy atom. The lowest BCUT2D eigenvalue weighted by atomic mass is 9.84. The van der Waals surface area contributed by atoms with Crippen LogP contribution in [-0.2, 0) is 9.59 Å². The van der Waals surface area contributed by atoms with Gasteiger partial charge in [-0.2, -0.15) is 0 Å². The molecule has 0 aliphatic heterocycles. The summed E-state index contributed by atoms with van der Waals surface area (Å²) in [5.41, 5.74) is 6.49. The Kier molecular flexibility index (Phi) is 3.91. The molecule has 0 fully saturated rings. The van der Waals surface area contributed by atoms with Crippen LogP contribution in [0.1, 0.15) is 20.8 Å². The third kappa shape index (κ3) is 2.79. The molecule has 0 aliphatic rings. The summed E-state index contributed by atoms with van der Waals surface area (Å²) in [7, 11) is 0. The van der Waals surface area contributed by atoms with Gasteiger partial charge in [-0.25, -0.2) is 4.98 Å². The molecule has 2 amide bonds. The average Bonchev–Trinajstić information content (AvgIpc) is 2.89. The lowest BCUT2D eigenvalue weighted by molar-refractivity contribution is -0.124. The van der Waals surface area contributed by atoms with Gasteiger partial charge in [0, 0.05) is 11.8 Å². The number of fused-ring (bicyclic) bond motifs is 1. The van der Waals surface area contributed by atoms with E-state index in [2.05, 4.69) is 4.98 Å². The molecule has 2 rings (SSSR count). The molecule has 1 aromatic carbocycles. The van der Waals surface area contributed by atoms with E-state index in [4.69, 9.17) is 16.6 Å². The summed E-state index contributed by atoms with van der Waals surface area (Å²) >= 11 is 0. The molecule has 114 valence electrons. The van der Waals surface area contributed by atoms with E-state index in [0.717, 1.165) is 0 Å². The first-order chi connectivity index (χ1) is 10.3. The van der Waals surface area contributed by atoms with Crippen LogP contribution in [0.5, 0.6) is 0 Å². The molecule has 0 bridgehead atoms. The third-order valence-electron chi connectivity index (χ3n) is 3.28. The van der Waals surface area contributed by atoms with Crippen molar-refractivity contribution in [3.8, 4) is 12.3 Å². The molecule has 0 saturated carbocycles. The standard InChI is InChI=1S/C16H17N3O3/c1-5-13(20)19(14(15(17)21)16(2,3)4)10-6-7-11-12(8-10)22-9-18-11/h1,6-9,14H,2-4H3,(H2,17,21). The maximum atomic E-state index is 12.2. The number of amides is 2. The van der Waals surface area contributed by atoms with Crippen molar-refractivity contribution in [1.29, 1.82) is 0 Å². The van der Waals surface area contributed by atoms with E-state index in [9.17, 15) is 9.59 Å². The molecule has 0 aliphatic carbocycles. The molecule has 1 heterocycles. The quantitative estimate of drug-likeness (QED) is 0.873. The first-order valence-electron chi connectivity index (χ1n) is 6.68. The molecule has 1 unspecified atom stereocenters. The van der Waals surface area contributed by atoms with Crippen molar-refractivity contribution < 1.29 is 14.0 Å². The maximum absolute atomic E-state index is 12.2. The highest BCUT2D eigenvalue weighted by Crippen LogP contribution is 2.30. The minimum Gasteiger partial charge on any atom is -0.443 e. The summed E-state index contributed by atoms with van der Waals surface area (Å²) in [4.78, 5) is 29.4. The van der Waals surface area contributed by atoms with Crippen molar-refractivity contribution in [2.75, 3.05) is 4.90 Å². The molecule has 0 radical (unpaired) electrons. The van der Waals surface area contributed by atoms with Crippen LogP contribution in [0.15, 0.2) is 29.0 Å². The molecule has 1 aromatic heterocycles. The van der Waals surface area contributed by atoms with E-state index in [0.29, 0.717) is 16.8 Å². The number of nitrogens with two attached hydrogens (primary N) is 1. The number of oxazole rings is 1. The fourth-order valence-electron chi connectivity index (χ4n) is 2.39. The van der Waals surface area contributed by atoms with Gasteiger partial charge in [0.1, 0.15) is 11.6 Å². The summed E-state index contributed by atoms with van der Waals surface area (Å²) in [6.45, 7) is 5.44. The van der Waals surface area contributed by atoms with Gasteiger partial charge >= 0.3 is 5.91 Å². The van der Waals surface area contributed by atoms with E-state index in [-0.39, 0.29) is 0 Å². The highest BCUT2D eigenvalue weighted by Gasteiger charge is 2.38. The van der Waals surface area contributed by atoms with Gasteiger partial charge in [0.05, 0.1) is 0 Å². The average molecular weight is 299 g/mol. The van der Waals surface area contributed by atoms with Gasteiger partial charge in [-0.1, -0.05) is 20.8 Å². The number of carbonyl (C=O) groups is 2. The van der Waals surface area contributed by atoms with E-state index in [1.54, 1.807) is 18.2 Å². The number of primary amides is 1. The zero-order valence-electron chi connectivity index (χ0n) is 12.7. The molecule has 2 N–H and O–H groups in total. The minimum atomic E-state index is -0.892. The highest BCUT2D eigenvalue weighted by atomic mass is 16.3. The van der Waals surface area contributed by atoms with E-state index >= 15 is 0 Å². The largest absolute Gasteiger partial charge is 0.443 e. The van der Waals surface area contributed by atoms with Crippen LogP contribution in [0.3, 0.4) is 0 Å². The fourth-order valence-corrected chi connectivity index (χ4v) is 2.39. The number of hydrogen-bond donors (Lipinski definition) is 1. The lowest BCUT2D eigenvalue weighted by Crippen LogP contribution is -2.54. The number of carbonyl (C=O) groups excluding carboxylic acids is 2. The Hall–Kier alpha value is -2.81. The second-order valence-corrected chi connectivity index (χ2v) is 5.99. The van der Waals surface area contributed by atoms with Crippen LogP contribution >= 0.6 is 0 Å². The van der Waals surface area contributed by atoms with Crippen molar-refractivity contribution in [1.82, 2.24) is 4.98 Å². The van der Waals surface area contributed by atoms with Gasteiger partial charge in [0.15, 0.2) is 12.0 Å². The monoisotopic (exact) mass is 299 g/mol. The fraction of sp³-hybridized carbons (Fsp3) is 0.312. The summed E-state index contributed by atoms with van der Waals surface area (Å²) in [5.74, 6) is 0.774. The Balaban J connectivity index is 2.61. The van der Waals surface area contributed by atoms with Crippen LogP contribution in [0.4, 0.5) is 5.69 Å². The number of terminal acetylenes is 1. The molecule has 1 atom stereocenters. The zero-order valence-corrected chi connectivity index (χ0v) is 12.7. The van der Waals surface area contributed by atoms with Gasteiger partial charge < -0.3 is 10.2 Å². The number of benzene rings is 1. The van der Waals surface area contributed by atoms with Crippen LogP contribution in [0.25, 0.3) is 11.1 Å². The van der Waals surface area contributed by atoms with Crippen LogP contribution < -0.4 is 10.6 Å². The molecule has 2 aromatic rings. The minimum absolute atomic E-state index is 0.436. The Labute approximate surface area is 128 Å². The number of anilines is 1. The Morgan fingerprint density at radius 1 is 1.41 bits per heavy atom. The lowest BCUT2D eigenvalue weighted by Gasteiger charge is -2.36. The highest BCUT2D eigenvalue weighted by molar-refractivity contribution is 6.10. The second kappa shape index (κ2) is 5.53. The third-order valence-corrected chi connectivity index (χ3v) is 3.28. The van der Waals surface area contributed by atoms with Gasteiger partial charge in [0.2, 0.25) is 5.91 Å². The molecule has 22 heavy (non-hydrogen) atoms. The Bertz CT molecular complexity index is 765. The van der Waals surface area contributed by atoms with Crippen molar-refractivity contribution >= 4 is 28.6 Å². The van der Waals surface area contributed by atoms with E-state index in [1.807, 2.05) is 26.7 Å². The van der Waals surface area contributed by atoms with Crippen LogP contribution in [-0.4, -0.2) is 22.8 Å². The summed E-state index contributed by atoms with van der Waals surface area (Å²) < 4.78 is 5.23. The SMILES string of the molecule is C#CC(=O)N(c1ccc2ncoc2c1)C(C(N)=O)C(C)(C)C. The smallest absolute Gasteiger partial charge is 0.303 e. The van der Waals surface area contributed by atoms with Crippen molar-refractivity contribution in [2.24, 2.45) is 11.1 Å². The normalized spacial score (nSPS) is 12.6. The first kappa shape index (κ1) is 15.6. The molecule has 0 spiro atoms. The van der Waals surface area contributed by atoms with Gasteiger partial charge in [-0.05, 0) is 23.5 Å². The first-order valence-corrected chi connectivity index (χ1v) is 6.68. The van der Waals surface area contributed by atoms with E-state index in [1.165, 1.54) is 11.3 Å². The summed E-state index contributed by atoms with van der Waals surface area (Å²) in [5, 5.41) is 0. The number of aromatic nitrogens is 1. The number of hydrogen-bond acceptors (Lipinski definition) is 4. The van der Waals surface area contributed by atoms with Gasteiger partial charge in [0.25, 0.3) is 0 Å². The molecule has 0 saturated heterocycles. The molecule has 6 nitrogen and oxygen atoms in total. The molecular weight excluding hydrogens is 282 g/mol. The van der Waals surface area contributed by atoms with Crippen LogP contribution in [0.2, 0.25) is 0 Å². The Morgan fingerprint density at radius 2 is 2.09 bits per heavy atom. The van der Waals surface area contributed by atoms with Crippen molar-refractivity contribution in [3.05, 3.63) is 24.6 Å². The number of rotatable bonds is 3. The van der Waals surface area contributed by atoms with Crippen LogP contribution in [0, 0.1) is 17.8 Å². The number of nitrogens with zero attached hydrogens (tertiary/aromatic N) is 2. The molecular formula is C16H17N3O3. The predicted molar refractivity (Wildman–Crippen MR) is 82.8 cm³/mol. The summed E-state index contributed by atoms with van der Waals surface area (Å²) in [6, 6.07) is 4.06. The topological polar surface area (TPSA) is 89.4 Å². The van der Waals surface area contributed by atoms with Crippen molar-refractivity contribution in [3.63, 3.8) is 0 Å². The van der Waals surface area contributed by atoms with Gasteiger partial charge in [-0.3, -0.25) is 14.5 Å². The predicted octanol–water partition coefficient (Wildman–Crippen LogP) is 1.69. The maximum Gasteiger partial charge on any atom is 0.303 e. The van der Waals surface area contributed by atoms with Gasteiger partial charge in [-0.15, -0.1) is 6.42 Å². The molecule has 6 heteroatoms.